The molecule has 1 aliphatic heterocycles. The van der Waals surface area contributed by atoms with Gasteiger partial charge in [0.2, 0.25) is 0 Å². The molecule has 1 saturated heterocycles. The number of hydrogen-bond donors (Lipinski definition) is 2. The molecule has 0 aromatic heterocycles. The number of carbonyl (C=O) groups excluding carboxylic acids is 2. The number of nitrogens with one attached hydrogen (secondary N) is 2. The number of rotatable bonds is 8. The van der Waals surface area contributed by atoms with Crippen LogP contribution in [0, 0.1) is 0 Å². The lowest BCUT2D eigenvalue weighted by molar-refractivity contribution is 0.0383. The Morgan fingerprint density at radius 2 is 1.60 bits per heavy atom. The topological polar surface area (TPSA) is 89.1 Å². The standard InChI is InChI=1S/C22H27N3O5/c1-28-19-8-5-17(15-20(19)29-2)22(27)24-18-6-3-16(4-7-18)21(26)23-9-10-25-11-13-30-14-12-25/h3-8,15H,9-14H2,1-2H3,(H,23,26)(H,24,27). The van der Waals surface area contributed by atoms with Crippen molar-refractivity contribution in [1.29, 1.82) is 0 Å². The zero-order valence-corrected chi connectivity index (χ0v) is 17.3. The maximum Gasteiger partial charge on any atom is 0.255 e. The van der Waals surface area contributed by atoms with E-state index in [1.807, 2.05) is 0 Å². The van der Waals surface area contributed by atoms with Gasteiger partial charge in [-0.3, -0.25) is 14.5 Å². The fourth-order valence-electron chi connectivity index (χ4n) is 3.14. The van der Waals surface area contributed by atoms with Crippen molar-refractivity contribution in [1.82, 2.24) is 10.2 Å². The Balaban J connectivity index is 1.52. The maximum atomic E-state index is 12.5. The zero-order valence-electron chi connectivity index (χ0n) is 17.3. The van der Waals surface area contributed by atoms with Crippen LogP contribution in [0.1, 0.15) is 20.7 Å². The summed E-state index contributed by atoms with van der Waals surface area (Å²) in [5, 5.41) is 5.74. The van der Waals surface area contributed by atoms with E-state index in [1.165, 1.54) is 14.2 Å². The Bertz CT molecular complexity index is 864. The molecule has 8 nitrogen and oxygen atoms in total. The second-order valence-electron chi connectivity index (χ2n) is 6.81. The highest BCUT2D eigenvalue weighted by Gasteiger charge is 2.13. The van der Waals surface area contributed by atoms with E-state index in [4.69, 9.17) is 14.2 Å². The van der Waals surface area contributed by atoms with Gasteiger partial charge in [-0.05, 0) is 42.5 Å². The predicted octanol–water partition coefficient (Wildman–Crippen LogP) is 2.02. The number of amides is 2. The number of anilines is 1. The van der Waals surface area contributed by atoms with Crippen LogP contribution in [0.25, 0.3) is 0 Å². The molecule has 2 aromatic carbocycles. The number of hydrogen-bond acceptors (Lipinski definition) is 6. The van der Waals surface area contributed by atoms with Gasteiger partial charge in [-0.1, -0.05) is 0 Å². The summed E-state index contributed by atoms with van der Waals surface area (Å²) in [6.45, 7) is 4.65. The van der Waals surface area contributed by atoms with E-state index in [0.717, 1.165) is 32.8 Å². The van der Waals surface area contributed by atoms with Gasteiger partial charge in [-0.25, -0.2) is 0 Å². The molecule has 1 aliphatic rings. The molecule has 30 heavy (non-hydrogen) atoms. The monoisotopic (exact) mass is 413 g/mol. The molecule has 2 amide bonds. The van der Waals surface area contributed by atoms with Gasteiger partial charge in [0, 0.05) is 43.0 Å². The molecule has 1 heterocycles. The second kappa shape index (κ2) is 10.6. The number of benzene rings is 2. The highest BCUT2D eigenvalue weighted by molar-refractivity contribution is 6.05. The first kappa shape index (κ1) is 21.6. The molecule has 8 heteroatoms. The Morgan fingerprint density at radius 1 is 0.933 bits per heavy atom. The summed E-state index contributed by atoms with van der Waals surface area (Å²) in [5.74, 6) is 0.618. The summed E-state index contributed by atoms with van der Waals surface area (Å²) in [6, 6.07) is 11.7. The molecule has 3 rings (SSSR count). The van der Waals surface area contributed by atoms with Crippen LogP contribution < -0.4 is 20.1 Å². The van der Waals surface area contributed by atoms with Crippen molar-refractivity contribution in [3.8, 4) is 11.5 Å². The highest BCUT2D eigenvalue weighted by Crippen LogP contribution is 2.27. The molecular weight excluding hydrogens is 386 g/mol. The van der Waals surface area contributed by atoms with Crippen LogP contribution in [-0.4, -0.2) is 70.3 Å². The number of methoxy groups -OCH3 is 2. The normalized spacial score (nSPS) is 14.1. The molecule has 160 valence electrons. The number of carbonyl (C=O) groups is 2. The molecule has 0 saturated carbocycles. The van der Waals surface area contributed by atoms with E-state index >= 15 is 0 Å². The molecular formula is C22H27N3O5. The van der Waals surface area contributed by atoms with E-state index in [0.29, 0.717) is 34.9 Å². The summed E-state index contributed by atoms with van der Waals surface area (Å²) < 4.78 is 15.7. The Hall–Kier alpha value is -3.10. The van der Waals surface area contributed by atoms with Crippen molar-refractivity contribution < 1.29 is 23.8 Å². The second-order valence-corrected chi connectivity index (χ2v) is 6.81. The summed E-state index contributed by atoms with van der Waals surface area (Å²) >= 11 is 0. The molecule has 0 spiro atoms. The SMILES string of the molecule is COc1ccc(C(=O)Nc2ccc(C(=O)NCCN3CCOCC3)cc2)cc1OC. The van der Waals surface area contributed by atoms with Crippen LogP contribution in [0.5, 0.6) is 11.5 Å². The average molecular weight is 413 g/mol. The van der Waals surface area contributed by atoms with Crippen molar-refractivity contribution in [2.24, 2.45) is 0 Å². The van der Waals surface area contributed by atoms with Gasteiger partial charge in [-0.15, -0.1) is 0 Å². The van der Waals surface area contributed by atoms with Gasteiger partial charge in [0.1, 0.15) is 0 Å². The van der Waals surface area contributed by atoms with Gasteiger partial charge in [0.15, 0.2) is 11.5 Å². The average Bonchev–Trinajstić information content (AvgIpc) is 2.79. The van der Waals surface area contributed by atoms with Crippen LogP contribution in [-0.2, 0) is 4.74 Å². The third-order valence-electron chi connectivity index (χ3n) is 4.87. The fraction of sp³-hybridized carbons (Fsp3) is 0.364. The Kier molecular flexibility index (Phi) is 7.64. The van der Waals surface area contributed by atoms with Gasteiger partial charge in [0.05, 0.1) is 27.4 Å². The van der Waals surface area contributed by atoms with Crippen LogP contribution >= 0.6 is 0 Å². The highest BCUT2D eigenvalue weighted by atomic mass is 16.5. The van der Waals surface area contributed by atoms with Crippen molar-refractivity contribution in [3.63, 3.8) is 0 Å². The van der Waals surface area contributed by atoms with E-state index in [9.17, 15) is 9.59 Å². The third-order valence-corrected chi connectivity index (χ3v) is 4.87. The van der Waals surface area contributed by atoms with Crippen molar-refractivity contribution in [3.05, 3.63) is 53.6 Å². The number of morpholine rings is 1. The zero-order chi connectivity index (χ0) is 21.3. The molecule has 0 atom stereocenters. The Labute approximate surface area is 176 Å². The number of nitrogens with zero attached hydrogens (tertiary/aromatic N) is 1. The van der Waals surface area contributed by atoms with E-state index in [-0.39, 0.29) is 11.8 Å². The molecule has 0 radical (unpaired) electrons. The predicted molar refractivity (Wildman–Crippen MR) is 114 cm³/mol. The van der Waals surface area contributed by atoms with Gasteiger partial charge < -0.3 is 24.8 Å². The van der Waals surface area contributed by atoms with E-state index < -0.39 is 0 Å². The minimum atomic E-state index is -0.279. The Morgan fingerprint density at radius 3 is 2.27 bits per heavy atom. The van der Waals surface area contributed by atoms with Crippen molar-refractivity contribution in [2.45, 2.75) is 0 Å². The van der Waals surface area contributed by atoms with Crippen LogP contribution in [0.15, 0.2) is 42.5 Å². The molecule has 0 aliphatic carbocycles. The third kappa shape index (κ3) is 5.71. The fourth-order valence-corrected chi connectivity index (χ4v) is 3.14. The molecule has 0 bridgehead atoms. The van der Waals surface area contributed by atoms with Crippen LogP contribution in [0.2, 0.25) is 0 Å². The summed E-state index contributed by atoms with van der Waals surface area (Å²) in [5.41, 5.74) is 1.58. The lowest BCUT2D eigenvalue weighted by Gasteiger charge is -2.26. The van der Waals surface area contributed by atoms with Crippen LogP contribution in [0.3, 0.4) is 0 Å². The van der Waals surface area contributed by atoms with Gasteiger partial charge in [0.25, 0.3) is 11.8 Å². The lowest BCUT2D eigenvalue weighted by atomic mass is 10.1. The van der Waals surface area contributed by atoms with Crippen molar-refractivity contribution >= 4 is 17.5 Å². The van der Waals surface area contributed by atoms with E-state index in [1.54, 1.807) is 42.5 Å². The molecule has 0 unspecified atom stereocenters. The first-order valence-corrected chi connectivity index (χ1v) is 9.82. The van der Waals surface area contributed by atoms with Crippen LogP contribution in [0.4, 0.5) is 5.69 Å². The number of ether oxygens (including phenoxy) is 3. The summed E-state index contributed by atoms with van der Waals surface area (Å²) in [7, 11) is 3.06. The molecule has 2 N–H and O–H groups in total. The maximum absolute atomic E-state index is 12.5. The first-order valence-electron chi connectivity index (χ1n) is 9.82. The minimum absolute atomic E-state index is 0.138. The first-order chi connectivity index (χ1) is 14.6. The van der Waals surface area contributed by atoms with Gasteiger partial charge >= 0.3 is 0 Å². The van der Waals surface area contributed by atoms with Gasteiger partial charge in [-0.2, -0.15) is 0 Å². The van der Waals surface area contributed by atoms with Crippen molar-refractivity contribution in [2.75, 3.05) is 58.9 Å². The lowest BCUT2D eigenvalue weighted by Crippen LogP contribution is -2.41. The summed E-state index contributed by atoms with van der Waals surface area (Å²) in [6.07, 6.45) is 0. The quantitative estimate of drug-likeness (QED) is 0.688. The molecule has 1 fully saturated rings. The molecule has 2 aromatic rings. The smallest absolute Gasteiger partial charge is 0.255 e. The van der Waals surface area contributed by atoms with E-state index in [2.05, 4.69) is 15.5 Å². The minimum Gasteiger partial charge on any atom is -0.493 e. The summed E-state index contributed by atoms with van der Waals surface area (Å²) in [4.78, 5) is 27.1. The largest absolute Gasteiger partial charge is 0.493 e.